The number of nitrogens with zero attached hydrogens (tertiary/aromatic N) is 1. The third-order valence-corrected chi connectivity index (χ3v) is 4.57. The Kier molecular flexibility index (Phi) is 3.90. The van der Waals surface area contributed by atoms with Crippen LogP contribution in [0.5, 0.6) is 0 Å². The Morgan fingerprint density at radius 3 is 2.86 bits per heavy atom. The van der Waals surface area contributed by atoms with Gasteiger partial charge in [0.15, 0.2) is 0 Å². The van der Waals surface area contributed by atoms with Gasteiger partial charge >= 0.3 is 0 Å². The van der Waals surface area contributed by atoms with Gasteiger partial charge in [0, 0.05) is 33.0 Å². The number of nitrogens with one attached hydrogen (secondary N) is 1. The lowest BCUT2D eigenvalue weighted by molar-refractivity contribution is -0.385. The number of hydrogen-bond acceptors (Lipinski definition) is 4. The molecule has 0 saturated carbocycles. The number of fused-ring (bicyclic) bond motifs is 1. The molecule has 4 nitrogen and oxygen atoms in total. The number of thiophene rings is 1. The summed E-state index contributed by atoms with van der Waals surface area (Å²) in [5.41, 5.74) is 1.74. The summed E-state index contributed by atoms with van der Waals surface area (Å²) < 4.78 is 1.94. The normalized spacial score (nSPS) is 10.7. The zero-order valence-electron chi connectivity index (χ0n) is 10.9. The van der Waals surface area contributed by atoms with E-state index in [1.165, 1.54) is 16.2 Å². The lowest BCUT2D eigenvalue weighted by Gasteiger charge is -2.07. The van der Waals surface area contributed by atoms with Crippen LogP contribution in [0.3, 0.4) is 0 Å². The van der Waals surface area contributed by atoms with Gasteiger partial charge in [-0.15, -0.1) is 11.3 Å². The van der Waals surface area contributed by atoms with Gasteiger partial charge in [-0.2, -0.15) is 0 Å². The first-order valence-corrected chi connectivity index (χ1v) is 7.95. The van der Waals surface area contributed by atoms with Crippen molar-refractivity contribution in [2.75, 3.05) is 5.32 Å². The lowest BCUT2D eigenvalue weighted by atomic mass is 10.1. The average Bonchev–Trinajstić information content (AvgIpc) is 2.93. The zero-order chi connectivity index (χ0) is 14.8. The molecule has 2 aromatic carbocycles. The SMILES string of the molecule is O=[N+]([O-])c1cc(Br)ccc1CNc1ccc2sccc2c1. The Bertz CT molecular complexity index is 816. The van der Waals surface area contributed by atoms with Crippen molar-refractivity contribution >= 4 is 48.7 Å². The molecule has 0 amide bonds. The second-order valence-corrected chi connectivity index (χ2v) is 6.42. The highest BCUT2D eigenvalue weighted by Gasteiger charge is 2.13. The fourth-order valence-corrected chi connectivity index (χ4v) is 3.25. The molecule has 1 N–H and O–H groups in total. The molecule has 106 valence electrons. The van der Waals surface area contributed by atoms with Crippen molar-refractivity contribution in [2.24, 2.45) is 0 Å². The number of hydrogen-bond donors (Lipinski definition) is 1. The first kappa shape index (κ1) is 14.0. The van der Waals surface area contributed by atoms with Gasteiger partial charge in [0.05, 0.1) is 4.92 Å². The first-order valence-electron chi connectivity index (χ1n) is 6.27. The molecular weight excluding hydrogens is 352 g/mol. The van der Waals surface area contributed by atoms with E-state index in [1.807, 2.05) is 17.5 Å². The monoisotopic (exact) mass is 362 g/mol. The Morgan fingerprint density at radius 1 is 1.19 bits per heavy atom. The van der Waals surface area contributed by atoms with E-state index < -0.39 is 0 Å². The van der Waals surface area contributed by atoms with E-state index in [0.717, 1.165) is 5.69 Å². The fourth-order valence-electron chi connectivity index (χ4n) is 2.13. The minimum absolute atomic E-state index is 0.119. The number of rotatable bonds is 4. The van der Waals surface area contributed by atoms with Crippen molar-refractivity contribution in [3.05, 3.63) is 68.0 Å². The molecular formula is C15H11BrN2O2S. The smallest absolute Gasteiger partial charge is 0.275 e. The summed E-state index contributed by atoms with van der Waals surface area (Å²) in [5, 5.41) is 17.6. The minimum Gasteiger partial charge on any atom is -0.381 e. The van der Waals surface area contributed by atoms with E-state index in [2.05, 4.69) is 39.4 Å². The average molecular weight is 363 g/mol. The maximum Gasteiger partial charge on any atom is 0.275 e. The number of anilines is 1. The molecule has 21 heavy (non-hydrogen) atoms. The lowest BCUT2D eigenvalue weighted by Crippen LogP contribution is -2.03. The van der Waals surface area contributed by atoms with Crippen LogP contribution in [0.1, 0.15) is 5.56 Å². The third kappa shape index (κ3) is 3.06. The first-order chi connectivity index (χ1) is 10.1. The van der Waals surface area contributed by atoms with Crippen molar-refractivity contribution in [3.8, 4) is 0 Å². The van der Waals surface area contributed by atoms with E-state index >= 15 is 0 Å². The zero-order valence-corrected chi connectivity index (χ0v) is 13.3. The molecule has 0 unspecified atom stereocenters. The largest absolute Gasteiger partial charge is 0.381 e. The summed E-state index contributed by atoms with van der Waals surface area (Å²) in [6.07, 6.45) is 0. The van der Waals surface area contributed by atoms with Crippen LogP contribution in [-0.2, 0) is 6.54 Å². The second-order valence-electron chi connectivity index (χ2n) is 4.56. The summed E-state index contributed by atoms with van der Waals surface area (Å²) in [6, 6.07) is 13.3. The van der Waals surface area contributed by atoms with Crippen molar-refractivity contribution in [2.45, 2.75) is 6.54 Å². The molecule has 0 aliphatic heterocycles. The van der Waals surface area contributed by atoms with Crippen molar-refractivity contribution in [1.82, 2.24) is 0 Å². The van der Waals surface area contributed by atoms with E-state index in [4.69, 9.17) is 0 Å². The Hall–Kier alpha value is -1.92. The second kappa shape index (κ2) is 5.83. The molecule has 0 bridgehead atoms. The van der Waals surface area contributed by atoms with Gasteiger partial charge in [0.1, 0.15) is 0 Å². The van der Waals surface area contributed by atoms with Crippen molar-refractivity contribution in [3.63, 3.8) is 0 Å². The van der Waals surface area contributed by atoms with Gasteiger partial charge in [-0.25, -0.2) is 0 Å². The molecule has 0 spiro atoms. The molecule has 3 aromatic rings. The number of nitro benzene ring substituents is 1. The highest BCUT2D eigenvalue weighted by Crippen LogP contribution is 2.26. The predicted octanol–water partition coefficient (Wildman–Crippen LogP) is 5.18. The fraction of sp³-hybridized carbons (Fsp3) is 0.0667. The quantitative estimate of drug-likeness (QED) is 0.513. The van der Waals surface area contributed by atoms with Crippen LogP contribution in [0, 0.1) is 10.1 Å². The number of benzene rings is 2. The molecule has 0 atom stereocenters. The van der Waals surface area contributed by atoms with E-state index in [9.17, 15) is 10.1 Å². The molecule has 1 heterocycles. The van der Waals surface area contributed by atoms with Crippen LogP contribution >= 0.6 is 27.3 Å². The van der Waals surface area contributed by atoms with Gasteiger partial charge in [0.25, 0.3) is 5.69 Å². The van der Waals surface area contributed by atoms with Crippen LogP contribution in [0.25, 0.3) is 10.1 Å². The maximum atomic E-state index is 11.1. The summed E-state index contributed by atoms with van der Waals surface area (Å²) in [5.74, 6) is 0. The topological polar surface area (TPSA) is 55.2 Å². The van der Waals surface area contributed by atoms with Crippen LogP contribution in [-0.4, -0.2) is 4.92 Å². The predicted molar refractivity (Wildman–Crippen MR) is 89.9 cm³/mol. The summed E-state index contributed by atoms with van der Waals surface area (Å²) >= 11 is 4.96. The Morgan fingerprint density at radius 2 is 2.05 bits per heavy atom. The summed E-state index contributed by atoms with van der Waals surface area (Å²) in [7, 11) is 0. The molecule has 3 rings (SSSR count). The van der Waals surface area contributed by atoms with Gasteiger partial charge < -0.3 is 5.32 Å². The maximum absolute atomic E-state index is 11.1. The molecule has 6 heteroatoms. The van der Waals surface area contributed by atoms with Gasteiger partial charge in [-0.3, -0.25) is 10.1 Å². The molecule has 0 saturated heterocycles. The third-order valence-electron chi connectivity index (χ3n) is 3.18. The van der Waals surface area contributed by atoms with E-state index in [-0.39, 0.29) is 10.6 Å². The Labute approximate surface area is 133 Å². The molecule has 0 fully saturated rings. The highest BCUT2D eigenvalue weighted by atomic mass is 79.9. The van der Waals surface area contributed by atoms with E-state index in [1.54, 1.807) is 17.4 Å². The number of halogens is 1. The van der Waals surface area contributed by atoms with Crippen molar-refractivity contribution < 1.29 is 4.92 Å². The minimum atomic E-state index is -0.357. The molecule has 0 aliphatic rings. The van der Waals surface area contributed by atoms with Gasteiger partial charge in [-0.05, 0) is 47.2 Å². The Balaban J connectivity index is 1.82. The van der Waals surface area contributed by atoms with Crippen molar-refractivity contribution in [1.29, 1.82) is 0 Å². The standard InChI is InChI=1S/C15H11BrN2O2S/c16-12-2-1-11(14(8-12)18(19)20)9-17-13-3-4-15-10(7-13)5-6-21-15/h1-8,17H,9H2. The summed E-state index contributed by atoms with van der Waals surface area (Å²) in [4.78, 5) is 10.7. The van der Waals surface area contributed by atoms with Gasteiger partial charge in [-0.1, -0.05) is 15.9 Å². The van der Waals surface area contributed by atoms with Crippen LogP contribution in [0.4, 0.5) is 11.4 Å². The van der Waals surface area contributed by atoms with Crippen LogP contribution in [0.2, 0.25) is 0 Å². The van der Waals surface area contributed by atoms with Gasteiger partial charge in [0.2, 0.25) is 0 Å². The van der Waals surface area contributed by atoms with Crippen LogP contribution in [0.15, 0.2) is 52.3 Å². The highest BCUT2D eigenvalue weighted by molar-refractivity contribution is 9.10. The molecule has 0 aliphatic carbocycles. The summed E-state index contributed by atoms with van der Waals surface area (Å²) in [6.45, 7) is 0.416. The van der Waals surface area contributed by atoms with E-state index in [0.29, 0.717) is 16.6 Å². The van der Waals surface area contributed by atoms with Crippen LogP contribution < -0.4 is 5.32 Å². The molecule has 0 radical (unpaired) electrons. The molecule has 1 aromatic heterocycles. The number of nitro groups is 1.